The molecule has 0 aromatic carbocycles. The van der Waals surface area contributed by atoms with E-state index >= 15 is 0 Å². The molecule has 0 radical (unpaired) electrons. The van der Waals surface area contributed by atoms with Crippen molar-refractivity contribution in [3.8, 4) is 0 Å². The molecule has 1 aliphatic rings. The average Bonchev–Trinajstić information content (AvgIpc) is 3.23. The lowest BCUT2D eigenvalue weighted by atomic mass is 10.1. The summed E-state index contributed by atoms with van der Waals surface area (Å²) in [4.78, 5) is 10.8. The van der Waals surface area contributed by atoms with Crippen LogP contribution in [0.4, 0.5) is 0 Å². The molecule has 1 N–H and O–H groups in total. The Bertz CT molecular complexity index is 723. The van der Waals surface area contributed by atoms with E-state index in [2.05, 4.69) is 75.5 Å². The number of aryl methyl sites for hydroxylation is 1. The molecule has 7 heteroatoms. The highest BCUT2D eigenvalue weighted by molar-refractivity contribution is 14.0. The fourth-order valence-corrected chi connectivity index (χ4v) is 4.27. The quantitative estimate of drug-likeness (QED) is 0.400. The predicted molar refractivity (Wildman–Crippen MR) is 122 cm³/mol. The average molecular weight is 487 g/mol. The molecule has 1 aliphatic heterocycles. The van der Waals surface area contributed by atoms with Crippen LogP contribution in [0.5, 0.6) is 0 Å². The van der Waals surface area contributed by atoms with E-state index in [-0.39, 0.29) is 24.0 Å². The summed E-state index contributed by atoms with van der Waals surface area (Å²) in [7, 11) is 6.02. The van der Waals surface area contributed by atoms with Crippen LogP contribution in [0.1, 0.15) is 23.1 Å². The van der Waals surface area contributed by atoms with Gasteiger partial charge in [0.15, 0.2) is 5.96 Å². The highest BCUT2D eigenvalue weighted by atomic mass is 127. The Labute approximate surface area is 178 Å². The number of thiophene rings is 1. The Kier molecular flexibility index (Phi) is 7.97. The van der Waals surface area contributed by atoms with Crippen molar-refractivity contribution in [2.24, 2.45) is 12.0 Å². The van der Waals surface area contributed by atoms with E-state index in [0.717, 1.165) is 32.1 Å². The smallest absolute Gasteiger partial charge is 0.193 e. The largest absolute Gasteiger partial charge is 0.355 e. The monoisotopic (exact) mass is 487 g/mol. The molecule has 5 nitrogen and oxygen atoms in total. The zero-order chi connectivity index (χ0) is 17.8. The molecule has 0 spiro atoms. The molecule has 0 saturated heterocycles. The van der Waals surface area contributed by atoms with Gasteiger partial charge in [-0.2, -0.15) is 0 Å². The summed E-state index contributed by atoms with van der Waals surface area (Å²) in [5, 5.41) is 5.76. The summed E-state index contributed by atoms with van der Waals surface area (Å²) < 4.78 is 2.15. The maximum atomic E-state index is 4.45. The second-order valence-electron chi connectivity index (χ2n) is 6.83. The van der Waals surface area contributed by atoms with Gasteiger partial charge in [-0.25, -0.2) is 0 Å². The fraction of sp³-hybridized carbons (Fsp3) is 0.526. The van der Waals surface area contributed by atoms with Gasteiger partial charge >= 0.3 is 0 Å². The van der Waals surface area contributed by atoms with E-state index in [0.29, 0.717) is 6.04 Å². The Morgan fingerprint density at radius 2 is 2.23 bits per heavy atom. The first-order chi connectivity index (χ1) is 12.1. The van der Waals surface area contributed by atoms with E-state index in [1.807, 2.05) is 18.4 Å². The summed E-state index contributed by atoms with van der Waals surface area (Å²) in [6.45, 7) is 6.27. The highest BCUT2D eigenvalue weighted by Gasteiger charge is 2.21. The minimum Gasteiger partial charge on any atom is -0.355 e. The molecule has 26 heavy (non-hydrogen) atoms. The lowest BCUT2D eigenvalue weighted by Gasteiger charge is -2.33. The number of hydrogen-bond acceptors (Lipinski definition) is 3. The van der Waals surface area contributed by atoms with Gasteiger partial charge in [-0.1, -0.05) is 0 Å². The highest BCUT2D eigenvalue weighted by Crippen LogP contribution is 2.24. The van der Waals surface area contributed by atoms with E-state index < -0.39 is 0 Å². The van der Waals surface area contributed by atoms with Crippen molar-refractivity contribution >= 4 is 41.3 Å². The Hall–Kier alpha value is -1.06. The molecular formula is C19H30IN5S. The van der Waals surface area contributed by atoms with Crippen LogP contribution in [-0.2, 0) is 26.6 Å². The van der Waals surface area contributed by atoms with Crippen LogP contribution in [-0.4, -0.2) is 53.6 Å². The second-order valence-corrected chi connectivity index (χ2v) is 7.83. The third-order valence-electron chi connectivity index (χ3n) is 5.04. The SMILES string of the molecule is CN=C(NCC(C)N1CCc2sccc2C1)N(C)Cc1cccn1C.I. The van der Waals surface area contributed by atoms with Crippen LogP contribution < -0.4 is 5.32 Å². The standard InChI is InChI=1S/C19H29N5S.HI/c1-15(24-10-7-18-16(13-24)8-11-25-18)12-21-19(20-2)23(4)14-17-6-5-9-22(17)3;/h5-6,8-9,11,15H,7,10,12-14H2,1-4H3,(H,20,21);1H. The molecule has 0 aliphatic carbocycles. The minimum atomic E-state index is 0. The lowest BCUT2D eigenvalue weighted by Crippen LogP contribution is -2.47. The zero-order valence-corrected chi connectivity index (χ0v) is 19.3. The summed E-state index contributed by atoms with van der Waals surface area (Å²) in [6, 6.07) is 6.99. The summed E-state index contributed by atoms with van der Waals surface area (Å²) in [6.07, 6.45) is 3.26. The van der Waals surface area contributed by atoms with Crippen LogP contribution >= 0.6 is 35.3 Å². The molecule has 1 unspecified atom stereocenters. The van der Waals surface area contributed by atoms with Crippen molar-refractivity contribution in [1.29, 1.82) is 0 Å². The van der Waals surface area contributed by atoms with Gasteiger partial charge in [0.1, 0.15) is 0 Å². The molecule has 3 rings (SSSR count). The molecule has 0 amide bonds. The van der Waals surface area contributed by atoms with E-state index in [9.17, 15) is 0 Å². The number of hydrogen-bond donors (Lipinski definition) is 1. The van der Waals surface area contributed by atoms with Crippen molar-refractivity contribution in [3.63, 3.8) is 0 Å². The predicted octanol–water partition coefficient (Wildman–Crippen LogP) is 3.16. The number of aliphatic imine (C=N–C) groups is 1. The number of rotatable bonds is 5. The van der Waals surface area contributed by atoms with Gasteiger partial charge in [-0.3, -0.25) is 9.89 Å². The maximum absolute atomic E-state index is 4.45. The van der Waals surface area contributed by atoms with Crippen LogP contribution in [0.25, 0.3) is 0 Å². The Morgan fingerprint density at radius 3 is 2.92 bits per heavy atom. The second kappa shape index (κ2) is 9.75. The first-order valence-electron chi connectivity index (χ1n) is 8.89. The molecule has 144 valence electrons. The van der Waals surface area contributed by atoms with Gasteiger partial charge in [0.25, 0.3) is 0 Å². The summed E-state index contributed by atoms with van der Waals surface area (Å²) in [5.41, 5.74) is 2.79. The number of halogens is 1. The molecule has 0 saturated carbocycles. The topological polar surface area (TPSA) is 35.8 Å². The first kappa shape index (κ1) is 21.2. The van der Waals surface area contributed by atoms with Gasteiger partial charge in [0.2, 0.25) is 0 Å². The van der Waals surface area contributed by atoms with Crippen LogP contribution in [0, 0.1) is 0 Å². The molecule has 2 aromatic heterocycles. The van der Waals surface area contributed by atoms with Crippen LogP contribution in [0.15, 0.2) is 34.8 Å². The molecule has 1 atom stereocenters. The molecule has 0 fully saturated rings. The van der Waals surface area contributed by atoms with Crippen LogP contribution in [0.2, 0.25) is 0 Å². The van der Waals surface area contributed by atoms with Gasteiger partial charge in [0.05, 0.1) is 6.54 Å². The van der Waals surface area contributed by atoms with E-state index in [4.69, 9.17) is 0 Å². The van der Waals surface area contributed by atoms with Crippen LogP contribution in [0.3, 0.4) is 0 Å². The van der Waals surface area contributed by atoms with Crippen molar-refractivity contribution in [1.82, 2.24) is 19.7 Å². The number of nitrogens with zero attached hydrogens (tertiary/aromatic N) is 4. The van der Waals surface area contributed by atoms with Crippen molar-refractivity contribution in [2.75, 3.05) is 27.2 Å². The number of nitrogens with one attached hydrogen (secondary N) is 1. The summed E-state index contributed by atoms with van der Waals surface area (Å²) in [5.74, 6) is 0.946. The lowest BCUT2D eigenvalue weighted by molar-refractivity contribution is 0.192. The van der Waals surface area contributed by atoms with Crippen molar-refractivity contribution < 1.29 is 0 Å². The molecule has 2 aromatic rings. The van der Waals surface area contributed by atoms with Gasteiger partial charge in [0, 0.05) is 63.6 Å². The molecular weight excluding hydrogens is 457 g/mol. The number of aromatic nitrogens is 1. The van der Waals surface area contributed by atoms with E-state index in [1.54, 1.807) is 4.88 Å². The van der Waals surface area contributed by atoms with E-state index in [1.165, 1.54) is 17.7 Å². The summed E-state index contributed by atoms with van der Waals surface area (Å²) >= 11 is 1.90. The Morgan fingerprint density at radius 1 is 1.42 bits per heavy atom. The number of fused-ring (bicyclic) bond motifs is 1. The third-order valence-corrected chi connectivity index (χ3v) is 6.06. The molecule has 3 heterocycles. The normalized spacial score (nSPS) is 15.9. The zero-order valence-electron chi connectivity index (χ0n) is 16.1. The fourth-order valence-electron chi connectivity index (χ4n) is 3.38. The number of guanidine groups is 1. The maximum Gasteiger partial charge on any atom is 0.193 e. The first-order valence-corrected chi connectivity index (χ1v) is 9.77. The van der Waals surface area contributed by atoms with Crippen molar-refractivity contribution in [3.05, 3.63) is 45.9 Å². The molecule has 0 bridgehead atoms. The van der Waals surface area contributed by atoms with Gasteiger partial charge in [-0.15, -0.1) is 35.3 Å². The van der Waals surface area contributed by atoms with Gasteiger partial charge < -0.3 is 14.8 Å². The third kappa shape index (κ3) is 5.01. The minimum absolute atomic E-state index is 0. The van der Waals surface area contributed by atoms with Gasteiger partial charge in [-0.05, 0) is 42.5 Å². The Balaban J connectivity index is 0.00000243. The van der Waals surface area contributed by atoms with Crippen molar-refractivity contribution in [2.45, 2.75) is 32.5 Å².